The number of halogens is 2. The molecular formula is C15H18Cl2N2O. The third kappa shape index (κ3) is 4.46. The number of aliphatic hydroxyl groups excluding tert-OH is 1. The smallest absolute Gasteiger partial charge is 0.0702 e. The van der Waals surface area contributed by atoms with Crippen LogP contribution >= 0.6 is 24.0 Å². The zero-order chi connectivity index (χ0) is 13.7. The summed E-state index contributed by atoms with van der Waals surface area (Å²) < 4.78 is 0. The quantitative estimate of drug-likeness (QED) is 0.835. The third-order valence-corrected chi connectivity index (χ3v) is 3.27. The Morgan fingerprint density at radius 1 is 1.10 bits per heavy atom. The van der Waals surface area contributed by atoms with Gasteiger partial charge in [-0.3, -0.25) is 4.98 Å². The Morgan fingerprint density at radius 3 is 2.25 bits per heavy atom. The number of hydrogen-bond acceptors (Lipinski definition) is 3. The monoisotopic (exact) mass is 312 g/mol. The highest BCUT2D eigenvalue weighted by molar-refractivity contribution is 6.17. The molecule has 0 saturated heterocycles. The molecule has 0 aliphatic carbocycles. The maximum atomic E-state index is 8.93. The maximum absolute atomic E-state index is 8.93. The summed E-state index contributed by atoms with van der Waals surface area (Å²) in [5.74, 6) is 0.477. The molecule has 108 valence electrons. The van der Waals surface area contributed by atoms with Gasteiger partial charge in [-0.1, -0.05) is 30.3 Å². The van der Waals surface area contributed by atoms with Crippen molar-refractivity contribution in [1.29, 1.82) is 0 Å². The Balaban J connectivity index is 0.00000200. The minimum absolute atomic E-state index is 0. The van der Waals surface area contributed by atoms with Crippen molar-refractivity contribution in [3.8, 4) is 11.3 Å². The number of benzene rings is 1. The van der Waals surface area contributed by atoms with Crippen molar-refractivity contribution in [1.82, 2.24) is 4.98 Å². The van der Waals surface area contributed by atoms with E-state index in [4.69, 9.17) is 22.4 Å². The SMILES string of the molecule is Cl.NC(CO)Cc1ccc(-c2ccc(CCl)cn2)cc1. The molecule has 0 aliphatic heterocycles. The van der Waals surface area contributed by atoms with E-state index in [1.165, 1.54) is 0 Å². The molecule has 0 aliphatic rings. The molecule has 1 aromatic carbocycles. The van der Waals surface area contributed by atoms with E-state index in [1.807, 2.05) is 36.4 Å². The first kappa shape index (κ1) is 16.9. The Bertz CT molecular complexity index is 514. The first-order valence-electron chi connectivity index (χ1n) is 6.19. The lowest BCUT2D eigenvalue weighted by molar-refractivity contribution is 0.265. The average molecular weight is 313 g/mol. The molecule has 1 unspecified atom stereocenters. The largest absolute Gasteiger partial charge is 0.395 e. The number of nitrogens with zero attached hydrogens (tertiary/aromatic N) is 1. The Morgan fingerprint density at radius 2 is 1.75 bits per heavy atom. The van der Waals surface area contributed by atoms with Gasteiger partial charge in [0.15, 0.2) is 0 Å². The molecule has 1 atom stereocenters. The molecule has 1 heterocycles. The summed E-state index contributed by atoms with van der Waals surface area (Å²) in [6.07, 6.45) is 2.47. The predicted molar refractivity (Wildman–Crippen MR) is 85.2 cm³/mol. The number of rotatable bonds is 5. The van der Waals surface area contributed by atoms with Gasteiger partial charge in [-0.05, 0) is 23.6 Å². The lowest BCUT2D eigenvalue weighted by atomic mass is 10.0. The molecule has 5 heteroatoms. The number of pyridine rings is 1. The zero-order valence-electron chi connectivity index (χ0n) is 11.0. The van der Waals surface area contributed by atoms with Crippen LogP contribution in [-0.4, -0.2) is 22.7 Å². The van der Waals surface area contributed by atoms with Gasteiger partial charge in [0.1, 0.15) is 0 Å². The van der Waals surface area contributed by atoms with Gasteiger partial charge < -0.3 is 10.8 Å². The predicted octanol–water partition coefficient (Wildman–Crippen LogP) is 2.77. The van der Waals surface area contributed by atoms with E-state index in [0.29, 0.717) is 12.3 Å². The molecule has 0 amide bonds. The summed E-state index contributed by atoms with van der Waals surface area (Å²) in [4.78, 5) is 4.38. The van der Waals surface area contributed by atoms with E-state index >= 15 is 0 Å². The standard InChI is InChI=1S/C15H17ClN2O.ClH/c16-8-12-3-6-15(18-9-12)13-4-1-11(2-5-13)7-14(17)10-19;/h1-6,9,14,19H,7-8,10,17H2;1H. The average Bonchev–Trinajstić information content (AvgIpc) is 2.48. The number of alkyl halides is 1. The third-order valence-electron chi connectivity index (χ3n) is 2.96. The lowest BCUT2D eigenvalue weighted by Gasteiger charge is -2.08. The highest BCUT2D eigenvalue weighted by atomic mass is 35.5. The van der Waals surface area contributed by atoms with Crippen molar-refractivity contribution < 1.29 is 5.11 Å². The van der Waals surface area contributed by atoms with Crippen molar-refractivity contribution in [3.63, 3.8) is 0 Å². The van der Waals surface area contributed by atoms with E-state index in [0.717, 1.165) is 22.4 Å². The highest BCUT2D eigenvalue weighted by Gasteiger charge is 2.04. The molecular weight excluding hydrogens is 295 g/mol. The molecule has 2 aromatic rings. The number of aromatic nitrogens is 1. The van der Waals surface area contributed by atoms with Crippen LogP contribution in [0.2, 0.25) is 0 Å². The van der Waals surface area contributed by atoms with Crippen LogP contribution in [0, 0.1) is 0 Å². The van der Waals surface area contributed by atoms with E-state index in [1.54, 1.807) is 6.20 Å². The van der Waals surface area contributed by atoms with Gasteiger partial charge >= 0.3 is 0 Å². The number of hydrogen-bond donors (Lipinski definition) is 2. The van der Waals surface area contributed by atoms with Gasteiger partial charge in [0.05, 0.1) is 12.3 Å². The first-order chi connectivity index (χ1) is 9.22. The van der Waals surface area contributed by atoms with Gasteiger partial charge in [0, 0.05) is 23.7 Å². The fourth-order valence-electron chi connectivity index (χ4n) is 1.85. The molecule has 3 N–H and O–H groups in total. The van der Waals surface area contributed by atoms with E-state index in [-0.39, 0.29) is 25.1 Å². The second-order valence-electron chi connectivity index (χ2n) is 4.53. The van der Waals surface area contributed by atoms with Gasteiger partial charge in [-0.2, -0.15) is 0 Å². The molecule has 0 bridgehead atoms. The molecule has 2 rings (SSSR count). The Kier molecular flexibility index (Phi) is 6.96. The molecule has 0 fully saturated rings. The van der Waals surface area contributed by atoms with Crippen molar-refractivity contribution >= 4 is 24.0 Å². The number of nitrogens with two attached hydrogens (primary N) is 1. The minimum atomic E-state index is -0.202. The summed E-state index contributed by atoms with van der Waals surface area (Å²) in [7, 11) is 0. The molecule has 3 nitrogen and oxygen atoms in total. The maximum Gasteiger partial charge on any atom is 0.0702 e. The molecule has 20 heavy (non-hydrogen) atoms. The van der Waals surface area contributed by atoms with Gasteiger partial charge in [0.25, 0.3) is 0 Å². The fraction of sp³-hybridized carbons (Fsp3) is 0.267. The topological polar surface area (TPSA) is 59.1 Å². The molecule has 0 radical (unpaired) electrons. The van der Waals surface area contributed by atoms with Gasteiger partial charge in [-0.25, -0.2) is 0 Å². The summed E-state index contributed by atoms with van der Waals surface area (Å²) >= 11 is 5.74. The minimum Gasteiger partial charge on any atom is -0.395 e. The summed E-state index contributed by atoms with van der Waals surface area (Å²) in [6, 6.07) is 11.8. The zero-order valence-corrected chi connectivity index (χ0v) is 12.6. The summed E-state index contributed by atoms with van der Waals surface area (Å²) in [6.45, 7) is 0.00317. The fourth-order valence-corrected chi connectivity index (χ4v) is 2.01. The highest BCUT2D eigenvalue weighted by Crippen LogP contribution is 2.18. The van der Waals surface area contributed by atoms with E-state index in [9.17, 15) is 0 Å². The van der Waals surface area contributed by atoms with E-state index in [2.05, 4.69) is 4.98 Å². The molecule has 0 saturated carbocycles. The van der Waals surface area contributed by atoms with Crippen LogP contribution in [0.4, 0.5) is 0 Å². The van der Waals surface area contributed by atoms with Crippen LogP contribution in [0.5, 0.6) is 0 Å². The van der Waals surface area contributed by atoms with E-state index < -0.39 is 0 Å². The normalized spacial score (nSPS) is 11.8. The second kappa shape index (κ2) is 8.22. The number of aliphatic hydroxyl groups is 1. The van der Waals surface area contributed by atoms with Crippen molar-refractivity contribution in [2.24, 2.45) is 5.73 Å². The van der Waals surface area contributed by atoms with Crippen LogP contribution in [0.1, 0.15) is 11.1 Å². The van der Waals surface area contributed by atoms with Gasteiger partial charge in [0.2, 0.25) is 0 Å². The lowest BCUT2D eigenvalue weighted by Crippen LogP contribution is -2.26. The van der Waals surface area contributed by atoms with Crippen LogP contribution in [0.25, 0.3) is 11.3 Å². The molecule has 1 aromatic heterocycles. The summed E-state index contributed by atoms with van der Waals surface area (Å²) in [5.41, 5.74) is 9.82. The first-order valence-corrected chi connectivity index (χ1v) is 6.73. The second-order valence-corrected chi connectivity index (χ2v) is 4.80. The van der Waals surface area contributed by atoms with Crippen molar-refractivity contribution in [2.45, 2.75) is 18.3 Å². The molecule has 0 spiro atoms. The summed E-state index contributed by atoms with van der Waals surface area (Å²) in [5, 5.41) is 8.93. The van der Waals surface area contributed by atoms with Gasteiger partial charge in [-0.15, -0.1) is 24.0 Å². The van der Waals surface area contributed by atoms with Crippen molar-refractivity contribution in [2.75, 3.05) is 6.61 Å². The van der Waals surface area contributed by atoms with Crippen LogP contribution < -0.4 is 5.73 Å². The van der Waals surface area contributed by atoms with Crippen LogP contribution in [-0.2, 0) is 12.3 Å². The van der Waals surface area contributed by atoms with Crippen LogP contribution in [0.3, 0.4) is 0 Å². The Labute approximate surface area is 130 Å². The van der Waals surface area contributed by atoms with Crippen LogP contribution in [0.15, 0.2) is 42.6 Å². The Hall–Kier alpha value is -1.13. The van der Waals surface area contributed by atoms with Crippen molar-refractivity contribution in [3.05, 3.63) is 53.7 Å².